The van der Waals surface area contributed by atoms with Gasteiger partial charge in [0.25, 0.3) is 0 Å². The summed E-state index contributed by atoms with van der Waals surface area (Å²) in [7, 11) is 0. The molecule has 0 aromatic heterocycles. The Labute approximate surface area is 95.4 Å². The smallest absolute Gasteiger partial charge is 0.238 e. The number of nitrogens with zero attached hydrogens (tertiary/aromatic N) is 1. The first-order valence-corrected chi connectivity index (χ1v) is 6.44. The van der Waals surface area contributed by atoms with Crippen molar-refractivity contribution in [2.75, 3.05) is 5.75 Å². The number of hydrogen-bond acceptors (Lipinski definition) is 3. The highest BCUT2D eigenvalue weighted by atomic mass is 32.2. The van der Waals surface area contributed by atoms with Crippen molar-refractivity contribution >= 4 is 34.2 Å². The highest BCUT2D eigenvalue weighted by Gasteiger charge is 2.39. The van der Waals surface area contributed by atoms with E-state index in [0.29, 0.717) is 5.75 Å². The SMILES string of the molecule is CCCC(C)(CC)N1C(=O)CSC1=S. The summed E-state index contributed by atoms with van der Waals surface area (Å²) >= 11 is 6.70. The molecule has 1 unspecified atom stereocenters. The number of carbonyl (C=O) groups excluding carboxylic acids is 1. The molecule has 1 heterocycles. The van der Waals surface area contributed by atoms with Crippen LogP contribution in [-0.2, 0) is 4.79 Å². The molecule has 1 aliphatic heterocycles. The molecule has 14 heavy (non-hydrogen) atoms. The third kappa shape index (κ3) is 2.11. The van der Waals surface area contributed by atoms with Crippen LogP contribution in [-0.4, -0.2) is 26.4 Å². The molecule has 1 fully saturated rings. The summed E-state index contributed by atoms with van der Waals surface area (Å²) < 4.78 is 0.757. The lowest BCUT2D eigenvalue weighted by atomic mass is 9.91. The van der Waals surface area contributed by atoms with Gasteiger partial charge in [0.1, 0.15) is 4.32 Å². The lowest BCUT2D eigenvalue weighted by molar-refractivity contribution is -0.128. The lowest BCUT2D eigenvalue weighted by Gasteiger charge is -2.37. The van der Waals surface area contributed by atoms with Crippen LogP contribution >= 0.6 is 24.0 Å². The number of hydrogen-bond donors (Lipinski definition) is 0. The molecule has 80 valence electrons. The van der Waals surface area contributed by atoms with Crippen molar-refractivity contribution in [1.29, 1.82) is 0 Å². The maximum Gasteiger partial charge on any atom is 0.238 e. The molecule has 1 aliphatic rings. The molecule has 1 amide bonds. The van der Waals surface area contributed by atoms with E-state index in [1.165, 1.54) is 11.8 Å². The van der Waals surface area contributed by atoms with Crippen LogP contribution in [0, 0.1) is 0 Å². The predicted molar refractivity (Wildman–Crippen MR) is 65.5 cm³/mol. The number of thioether (sulfide) groups is 1. The second-order valence-electron chi connectivity index (χ2n) is 3.88. The molecule has 0 aromatic carbocycles. The van der Waals surface area contributed by atoms with Crippen molar-refractivity contribution < 1.29 is 4.79 Å². The minimum absolute atomic E-state index is 0.0631. The molecular weight excluding hydrogens is 214 g/mol. The second kappa shape index (κ2) is 4.62. The summed E-state index contributed by atoms with van der Waals surface area (Å²) in [5.74, 6) is 0.704. The van der Waals surface area contributed by atoms with E-state index in [4.69, 9.17) is 12.2 Å². The maximum atomic E-state index is 11.7. The van der Waals surface area contributed by atoms with Gasteiger partial charge in [0, 0.05) is 5.54 Å². The van der Waals surface area contributed by atoms with Gasteiger partial charge in [-0.3, -0.25) is 9.69 Å². The summed E-state index contributed by atoms with van der Waals surface area (Å²) in [4.78, 5) is 13.5. The van der Waals surface area contributed by atoms with Gasteiger partial charge in [-0.1, -0.05) is 44.2 Å². The average Bonchev–Trinajstić information content (AvgIpc) is 2.47. The Morgan fingerprint density at radius 3 is 2.57 bits per heavy atom. The van der Waals surface area contributed by atoms with Gasteiger partial charge in [0.2, 0.25) is 5.91 Å². The Kier molecular flexibility index (Phi) is 3.95. The third-order valence-corrected chi connectivity index (χ3v) is 4.20. The zero-order valence-corrected chi connectivity index (χ0v) is 10.6. The first-order valence-electron chi connectivity index (χ1n) is 5.05. The number of rotatable bonds is 4. The van der Waals surface area contributed by atoms with Crippen molar-refractivity contribution in [2.24, 2.45) is 0 Å². The molecule has 0 spiro atoms. The van der Waals surface area contributed by atoms with Crippen LogP contribution < -0.4 is 0 Å². The average molecular weight is 231 g/mol. The highest BCUT2D eigenvalue weighted by Crippen LogP contribution is 2.33. The minimum Gasteiger partial charge on any atom is -0.291 e. The standard InChI is InChI=1S/C10H17NOS2/c1-4-6-10(3,5-2)11-8(12)7-14-9(11)13/h4-7H2,1-3H3. The number of thiocarbonyl (C=S) groups is 1. The van der Waals surface area contributed by atoms with Crippen LogP contribution in [0.3, 0.4) is 0 Å². The minimum atomic E-state index is -0.0631. The van der Waals surface area contributed by atoms with Crippen molar-refractivity contribution in [3.8, 4) is 0 Å². The molecule has 4 heteroatoms. The number of amides is 1. The molecule has 2 nitrogen and oxygen atoms in total. The maximum absolute atomic E-state index is 11.7. The molecule has 0 radical (unpaired) electrons. The fourth-order valence-electron chi connectivity index (χ4n) is 1.86. The van der Waals surface area contributed by atoms with E-state index in [9.17, 15) is 4.79 Å². The molecule has 1 atom stereocenters. The number of carbonyl (C=O) groups is 1. The predicted octanol–water partition coefficient (Wildman–Crippen LogP) is 2.82. The Morgan fingerprint density at radius 1 is 1.57 bits per heavy atom. The van der Waals surface area contributed by atoms with Crippen LogP contribution in [0.1, 0.15) is 40.0 Å². The van der Waals surface area contributed by atoms with Gasteiger partial charge < -0.3 is 0 Å². The normalized spacial score (nSPS) is 21.5. The zero-order valence-electron chi connectivity index (χ0n) is 9.00. The Morgan fingerprint density at radius 2 is 2.21 bits per heavy atom. The van der Waals surface area contributed by atoms with Crippen molar-refractivity contribution in [1.82, 2.24) is 4.90 Å². The lowest BCUT2D eigenvalue weighted by Crippen LogP contribution is -2.48. The molecular formula is C10H17NOS2. The topological polar surface area (TPSA) is 20.3 Å². The molecule has 0 bridgehead atoms. The first-order chi connectivity index (χ1) is 6.55. The van der Waals surface area contributed by atoms with Gasteiger partial charge >= 0.3 is 0 Å². The van der Waals surface area contributed by atoms with Crippen LogP contribution in [0.25, 0.3) is 0 Å². The highest BCUT2D eigenvalue weighted by molar-refractivity contribution is 8.23. The first kappa shape index (κ1) is 12.0. The Bertz CT molecular complexity index is 239. The molecule has 1 saturated heterocycles. The van der Waals surface area contributed by atoms with Gasteiger partial charge in [-0.15, -0.1) is 0 Å². The van der Waals surface area contributed by atoms with Gasteiger partial charge in [-0.05, 0) is 19.8 Å². The summed E-state index contributed by atoms with van der Waals surface area (Å²) in [6.07, 6.45) is 3.07. The summed E-state index contributed by atoms with van der Waals surface area (Å²) in [6, 6.07) is 0. The third-order valence-electron chi connectivity index (χ3n) is 2.84. The zero-order chi connectivity index (χ0) is 10.8. The van der Waals surface area contributed by atoms with Crippen LogP contribution in [0.5, 0.6) is 0 Å². The summed E-state index contributed by atoms with van der Waals surface area (Å²) in [6.45, 7) is 6.39. The largest absolute Gasteiger partial charge is 0.291 e. The van der Waals surface area contributed by atoms with Gasteiger partial charge in [-0.25, -0.2) is 0 Å². The summed E-state index contributed by atoms with van der Waals surface area (Å²) in [5, 5.41) is 0. The van der Waals surface area contributed by atoms with Crippen LogP contribution in [0.2, 0.25) is 0 Å². The molecule has 0 saturated carbocycles. The summed E-state index contributed by atoms with van der Waals surface area (Å²) in [5.41, 5.74) is -0.0631. The Balaban J connectivity index is 2.87. The van der Waals surface area contributed by atoms with E-state index in [2.05, 4.69) is 20.8 Å². The fourth-order valence-corrected chi connectivity index (χ4v) is 3.19. The van der Waals surface area contributed by atoms with Crippen LogP contribution in [0.4, 0.5) is 0 Å². The van der Waals surface area contributed by atoms with Crippen molar-refractivity contribution in [3.05, 3.63) is 0 Å². The van der Waals surface area contributed by atoms with E-state index in [0.717, 1.165) is 23.6 Å². The van der Waals surface area contributed by atoms with E-state index in [-0.39, 0.29) is 11.4 Å². The Hall–Kier alpha value is -0.0900. The van der Waals surface area contributed by atoms with Gasteiger partial charge in [-0.2, -0.15) is 0 Å². The molecule has 0 aliphatic carbocycles. The fraction of sp³-hybridized carbons (Fsp3) is 0.800. The molecule has 0 N–H and O–H groups in total. The van der Waals surface area contributed by atoms with Crippen molar-refractivity contribution in [3.63, 3.8) is 0 Å². The van der Waals surface area contributed by atoms with E-state index in [1.807, 2.05) is 4.90 Å². The second-order valence-corrected chi connectivity index (χ2v) is 5.49. The van der Waals surface area contributed by atoms with Gasteiger partial charge in [0.15, 0.2) is 0 Å². The van der Waals surface area contributed by atoms with E-state index in [1.54, 1.807) is 0 Å². The van der Waals surface area contributed by atoms with E-state index >= 15 is 0 Å². The van der Waals surface area contributed by atoms with E-state index < -0.39 is 0 Å². The van der Waals surface area contributed by atoms with Gasteiger partial charge in [0.05, 0.1) is 5.75 Å². The molecule has 0 aromatic rings. The van der Waals surface area contributed by atoms with Crippen LogP contribution in [0.15, 0.2) is 0 Å². The quantitative estimate of drug-likeness (QED) is 0.694. The monoisotopic (exact) mass is 231 g/mol. The molecule has 1 rings (SSSR count). The van der Waals surface area contributed by atoms with Crippen molar-refractivity contribution in [2.45, 2.75) is 45.6 Å².